The minimum atomic E-state index is -0.174. The number of benzene rings is 2. The number of hydrogen-bond donors (Lipinski definition) is 0. The van der Waals surface area contributed by atoms with Gasteiger partial charge in [0.05, 0.1) is 11.9 Å². The highest BCUT2D eigenvalue weighted by Gasteiger charge is 2.23. The summed E-state index contributed by atoms with van der Waals surface area (Å²) in [4.78, 5) is 30.4. The summed E-state index contributed by atoms with van der Waals surface area (Å²) in [7, 11) is 2.07. The second-order valence-corrected chi connectivity index (χ2v) is 7.29. The lowest BCUT2D eigenvalue weighted by molar-refractivity contribution is 0.0756. The Morgan fingerprint density at radius 1 is 0.929 bits per heavy atom. The van der Waals surface area contributed by atoms with Gasteiger partial charge in [0.1, 0.15) is 0 Å². The van der Waals surface area contributed by atoms with Gasteiger partial charge in [0.15, 0.2) is 5.69 Å². The van der Waals surface area contributed by atoms with E-state index in [9.17, 15) is 9.59 Å². The lowest BCUT2D eigenvalue weighted by Crippen LogP contribution is -2.37. The van der Waals surface area contributed by atoms with Crippen LogP contribution in [0, 0.1) is 0 Å². The first-order valence-corrected chi connectivity index (χ1v) is 9.65. The first kappa shape index (κ1) is 18.4. The van der Waals surface area contributed by atoms with Crippen LogP contribution in [0.2, 0.25) is 0 Å². The molecule has 0 spiro atoms. The molecular weight excluding hydrogens is 352 g/mol. The molecule has 2 aromatic carbocycles. The smallest absolute Gasteiger partial charge is 0.274 e. The fraction of sp³-hybridized carbons (Fsp3) is 0.318. The number of likely N-dealkylation sites (N-methyl/N-ethyl adjacent to an activating group) is 1. The van der Waals surface area contributed by atoms with Crippen LogP contribution >= 0.6 is 0 Å². The molecule has 0 unspecified atom stereocenters. The van der Waals surface area contributed by atoms with Gasteiger partial charge in [0, 0.05) is 25.0 Å². The zero-order valence-corrected chi connectivity index (χ0v) is 16.0. The van der Waals surface area contributed by atoms with Crippen molar-refractivity contribution in [3.63, 3.8) is 0 Å². The monoisotopic (exact) mass is 376 g/mol. The molecule has 6 heteroatoms. The summed E-state index contributed by atoms with van der Waals surface area (Å²) < 4.78 is 1.41. The Labute approximate surface area is 164 Å². The van der Waals surface area contributed by atoms with E-state index < -0.39 is 0 Å². The number of amides is 1. The Hall–Kier alpha value is -2.99. The molecule has 4 rings (SSSR count). The molecule has 0 aliphatic carbocycles. The summed E-state index contributed by atoms with van der Waals surface area (Å²) in [6.07, 6.45) is 0.934. The van der Waals surface area contributed by atoms with E-state index in [-0.39, 0.29) is 11.5 Å². The van der Waals surface area contributed by atoms with Crippen molar-refractivity contribution in [2.24, 2.45) is 0 Å². The van der Waals surface area contributed by atoms with Crippen molar-refractivity contribution < 1.29 is 4.79 Å². The molecule has 1 aromatic heterocycles. The van der Waals surface area contributed by atoms with Gasteiger partial charge in [0.25, 0.3) is 11.5 Å². The largest absolute Gasteiger partial charge is 0.336 e. The minimum absolute atomic E-state index is 0.103. The molecule has 0 atom stereocenters. The molecule has 1 amide bonds. The van der Waals surface area contributed by atoms with Crippen molar-refractivity contribution in [1.29, 1.82) is 0 Å². The van der Waals surface area contributed by atoms with Gasteiger partial charge >= 0.3 is 0 Å². The predicted molar refractivity (Wildman–Crippen MR) is 110 cm³/mol. The highest BCUT2D eigenvalue weighted by molar-refractivity contribution is 6.04. The molecule has 1 saturated heterocycles. The molecule has 0 saturated carbocycles. The Morgan fingerprint density at radius 2 is 1.64 bits per heavy atom. The number of carbonyl (C=O) groups is 1. The SMILES string of the molecule is CN1CCCN(C(=O)c2nn(Cc3ccccc3)c(=O)c3ccccc23)CC1. The number of rotatable bonds is 3. The molecular formula is C22H24N4O2. The van der Waals surface area contributed by atoms with Gasteiger partial charge in [-0.3, -0.25) is 9.59 Å². The van der Waals surface area contributed by atoms with E-state index in [1.807, 2.05) is 53.4 Å². The molecule has 0 N–H and O–H groups in total. The van der Waals surface area contributed by atoms with E-state index in [4.69, 9.17) is 0 Å². The summed E-state index contributed by atoms with van der Waals surface area (Å²) in [6.45, 7) is 3.53. The molecule has 28 heavy (non-hydrogen) atoms. The Balaban J connectivity index is 1.77. The summed E-state index contributed by atoms with van der Waals surface area (Å²) in [5.74, 6) is -0.103. The van der Waals surface area contributed by atoms with Gasteiger partial charge in [-0.05, 0) is 31.6 Å². The van der Waals surface area contributed by atoms with Gasteiger partial charge in [-0.15, -0.1) is 0 Å². The van der Waals surface area contributed by atoms with Crippen molar-refractivity contribution in [3.05, 3.63) is 76.2 Å². The second kappa shape index (κ2) is 7.94. The molecule has 2 heterocycles. The van der Waals surface area contributed by atoms with E-state index in [0.29, 0.717) is 36.1 Å². The van der Waals surface area contributed by atoms with E-state index in [1.165, 1.54) is 4.68 Å². The van der Waals surface area contributed by atoms with Crippen LogP contribution in [0.25, 0.3) is 10.8 Å². The van der Waals surface area contributed by atoms with Gasteiger partial charge in [-0.2, -0.15) is 5.10 Å². The maximum absolute atomic E-state index is 13.3. The van der Waals surface area contributed by atoms with Crippen molar-refractivity contribution in [3.8, 4) is 0 Å². The summed E-state index contributed by atoms with van der Waals surface area (Å²) in [5, 5.41) is 5.68. The predicted octanol–water partition coefficient (Wildman–Crippen LogP) is 2.22. The maximum atomic E-state index is 13.3. The van der Waals surface area contributed by atoms with Crippen LogP contribution in [-0.4, -0.2) is 58.7 Å². The summed E-state index contributed by atoms with van der Waals surface area (Å²) in [5.41, 5.74) is 1.16. The average molecular weight is 376 g/mol. The Kier molecular flexibility index (Phi) is 5.21. The molecule has 1 aliphatic rings. The van der Waals surface area contributed by atoms with Crippen molar-refractivity contribution in [2.45, 2.75) is 13.0 Å². The summed E-state index contributed by atoms with van der Waals surface area (Å²) >= 11 is 0. The van der Waals surface area contributed by atoms with Crippen molar-refractivity contribution >= 4 is 16.7 Å². The molecule has 1 fully saturated rings. The first-order valence-electron chi connectivity index (χ1n) is 9.65. The highest BCUT2D eigenvalue weighted by atomic mass is 16.2. The zero-order valence-electron chi connectivity index (χ0n) is 16.0. The average Bonchev–Trinajstić information content (AvgIpc) is 2.95. The molecule has 144 valence electrons. The molecule has 1 aliphatic heterocycles. The Bertz CT molecular complexity index is 1050. The molecule has 6 nitrogen and oxygen atoms in total. The number of hydrogen-bond acceptors (Lipinski definition) is 4. The van der Waals surface area contributed by atoms with Crippen LogP contribution in [0.15, 0.2) is 59.4 Å². The van der Waals surface area contributed by atoms with Gasteiger partial charge < -0.3 is 9.80 Å². The highest BCUT2D eigenvalue weighted by Crippen LogP contribution is 2.17. The third-order valence-corrected chi connectivity index (χ3v) is 5.25. The van der Waals surface area contributed by atoms with Gasteiger partial charge in [-0.25, -0.2) is 4.68 Å². The normalized spacial score (nSPS) is 15.5. The number of nitrogens with zero attached hydrogens (tertiary/aromatic N) is 4. The van der Waals surface area contributed by atoms with Gasteiger partial charge in [0.2, 0.25) is 0 Å². The lowest BCUT2D eigenvalue weighted by Gasteiger charge is -2.21. The van der Waals surface area contributed by atoms with Crippen LogP contribution in [0.3, 0.4) is 0 Å². The minimum Gasteiger partial charge on any atom is -0.336 e. The van der Waals surface area contributed by atoms with Crippen LogP contribution in [0.1, 0.15) is 22.5 Å². The lowest BCUT2D eigenvalue weighted by atomic mass is 10.1. The zero-order chi connectivity index (χ0) is 19.5. The van der Waals surface area contributed by atoms with E-state index >= 15 is 0 Å². The van der Waals surface area contributed by atoms with Gasteiger partial charge in [-0.1, -0.05) is 48.5 Å². The standard InChI is InChI=1S/C22H24N4O2/c1-24-12-7-13-25(15-14-24)22(28)20-18-10-5-6-11-19(18)21(27)26(23-20)16-17-8-3-2-4-9-17/h2-6,8-11H,7,12-16H2,1H3. The molecule has 0 bridgehead atoms. The van der Waals surface area contributed by atoms with Crippen LogP contribution in [0.5, 0.6) is 0 Å². The summed E-state index contributed by atoms with van der Waals surface area (Å²) in [6, 6.07) is 17.0. The number of aromatic nitrogens is 2. The van der Waals surface area contributed by atoms with E-state index in [0.717, 1.165) is 25.1 Å². The quantitative estimate of drug-likeness (QED) is 0.703. The second-order valence-electron chi connectivity index (χ2n) is 7.29. The topological polar surface area (TPSA) is 58.4 Å². The van der Waals surface area contributed by atoms with E-state index in [2.05, 4.69) is 17.0 Å². The van der Waals surface area contributed by atoms with Crippen molar-refractivity contribution in [1.82, 2.24) is 19.6 Å². The first-order chi connectivity index (χ1) is 13.6. The Morgan fingerprint density at radius 3 is 2.43 bits per heavy atom. The number of fused-ring (bicyclic) bond motifs is 1. The molecule has 3 aromatic rings. The third kappa shape index (κ3) is 3.68. The van der Waals surface area contributed by atoms with E-state index in [1.54, 1.807) is 6.07 Å². The van der Waals surface area contributed by atoms with Crippen LogP contribution in [0.4, 0.5) is 0 Å². The third-order valence-electron chi connectivity index (χ3n) is 5.25. The number of carbonyl (C=O) groups excluding carboxylic acids is 1. The van der Waals surface area contributed by atoms with Crippen molar-refractivity contribution in [2.75, 3.05) is 33.2 Å². The fourth-order valence-corrected chi connectivity index (χ4v) is 3.66. The molecule has 0 radical (unpaired) electrons. The van der Waals surface area contributed by atoms with Crippen LogP contribution < -0.4 is 5.56 Å². The van der Waals surface area contributed by atoms with Crippen LogP contribution in [-0.2, 0) is 6.54 Å². The maximum Gasteiger partial charge on any atom is 0.274 e. The fourth-order valence-electron chi connectivity index (χ4n) is 3.66.